The Labute approximate surface area is 120 Å². The van der Waals surface area contributed by atoms with Gasteiger partial charge in [0.05, 0.1) is 12.6 Å². The lowest BCUT2D eigenvalue weighted by atomic mass is 9.82. The fraction of sp³-hybridized carbons (Fsp3) is 0.750. The first kappa shape index (κ1) is 13.8. The van der Waals surface area contributed by atoms with Crippen LogP contribution in [0, 0.1) is 11.3 Å². The number of ether oxygens (including phenoxy) is 1. The van der Waals surface area contributed by atoms with Crippen LogP contribution in [0.25, 0.3) is 0 Å². The van der Waals surface area contributed by atoms with Gasteiger partial charge in [-0.15, -0.1) is 0 Å². The molecule has 3 atom stereocenters. The van der Waals surface area contributed by atoms with Crippen LogP contribution in [0.3, 0.4) is 0 Å². The SMILES string of the molecule is COC[C@@H]1CCCN1C(=O)C12C=CCCC(CC1)C2=O. The zero-order valence-electron chi connectivity index (χ0n) is 12.1. The molecule has 2 unspecified atom stereocenters. The minimum absolute atomic E-state index is 0.0303. The van der Waals surface area contributed by atoms with Crippen LogP contribution in [-0.4, -0.2) is 42.9 Å². The van der Waals surface area contributed by atoms with E-state index in [-0.39, 0.29) is 23.7 Å². The van der Waals surface area contributed by atoms with Gasteiger partial charge in [0, 0.05) is 19.6 Å². The molecule has 1 heterocycles. The van der Waals surface area contributed by atoms with Crippen molar-refractivity contribution < 1.29 is 14.3 Å². The van der Waals surface area contributed by atoms with E-state index in [2.05, 4.69) is 0 Å². The van der Waals surface area contributed by atoms with Gasteiger partial charge < -0.3 is 9.64 Å². The average molecular weight is 277 g/mol. The third-order valence-corrected chi connectivity index (χ3v) is 5.16. The van der Waals surface area contributed by atoms with Crippen molar-refractivity contribution >= 4 is 11.7 Å². The summed E-state index contributed by atoms with van der Waals surface area (Å²) in [6, 6.07) is 0.144. The number of fused-ring (bicyclic) bond motifs is 2. The van der Waals surface area contributed by atoms with Crippen molar-refractivity contribution in [1.82, 2.24) is 4.90 Å². The average Bonchev–Trinajstić information content (AvgIpc) is 2.94. The summed E-state index contributed by atoms with van der Waals surface area (Å²) < 4.78 is 5.23. The van der Waals surface area contributed by atoms with E-state index in [1.807, 2.05) is 17.1 Å². The van der Waals surface area contributed by atoms with E-state index in [1.165, 1.54) is 0 Å². The summed E-state index contributed by atoms with van der Waals surface area (Å²) in [5, 5.41) is 0. The maximum Gasteiger partial charge on any atom is 0.240 e. The Morgan fingerprint density at radius 1 is 1.45 bits per heavy atom. The molecule has 0 aromatic heterocycles. The first-order valence-electron chi connectivity index (χ1n) is 7.71. The van der Waals surface area contributed by atoms with Gasteiger partial charge in [0.25, 0.3) is 0 Å². The fourth-order valence-electron chi connectivity index (χ4n) is 4.05. The van der Waals surface area contributed by atoms with Crippen LogP contribution in [-0.2, 0) is 14.3 Å². The quantitative estimate of drug-likeness (QED) is 0.585. The highest BCUT2D eigenvalue weighted by Gasteiger charge is 2.54. The second-order valence-electron chi connectivity index (χ2n) is 6.30. The molecule has 1 saturated carbocycles. The maximum absolute atomic E-state index is 13.0. The predicted octanol–water partition coefficient (Wildman–Crippen LogP) is 1.94. The molecule has 1 saturated heterocycles. The van der Waals surface area contributed by atoms with Crippen molar-refractivity contribution in [3.63, 3.8) is 0 Å². The minimum atomic E-state index is -0.850. The summed E-state index contributed by atoms with van der Waals surface area (Å²) in [6.45, 7) is 1.34. The van der Waals surface area contributed by atoms with Crippen LogP contribution in [0.1, 0.15) is 38.5 Å². The summed E-state index contributed by atoms with van der Waals surface area (Å²) in [5.41, 5.74) is -0.850. The third kappa shape index (κ3) is 2.01. The van der Waals surface area contributed by atoms with Gasteiger partial charge in [-0.1, -0.05) is 12.2 Å². The van der Waals surface area contributed by atoms with Crippen molar-refractivity contribution in [3.05, 3.63) is 12.2 Å². The number of ketones is 1. The smallest absolute Gasteiger partial charge is 0.240 e. The summed E-state index contributed by atoms with van der Waals surface area (Å²) in [5.74, 6) is 0.291. The molecule has 3 aliphatic rings. The molecule has 0 spiro atoms. The van der Waals surface area contributed by atoms with Crippen LogP contribution in [0.4, 0.5) is 0 Å². The Balaban J connectivity index is 1.87. The van der Waals surface area contributed by atoms with E-state index < -0.39 is 5.41 Å². The van der Waals surface area contributed by atoms with Crippen molar-refractivity contribution in [3.8, 4) is 0 Å². The first-order valence-corrected chi connectivity index (χ1v) is 7.71. The molecule has 2 bridgehead atoms. The van der Waals surface area contributed by atoms with Gasteiger partial charge in [-0.3, -0.25) is 9.59 Å². The molecule has 1 aliphatic heterocycles. The lowest BCUT2D eigenvalue weighted by molar-refractivity contribution is -0.146. The number of Topliss-reactive ketones (excluding diaryl/α,β-unsaturated/α-hetero) is 1. The molecule has 2 aliphatic carbocycles. The first-order chi connectivity index (χ1) is 9.69. The van der Waals surface area contributed by atoms with E-state index in [1.54, 1.807) is 7.11 Å². The normalized spacial score (nSPS) is 36.5. The monoisotopic (exact) mass is 277 g/mol. The lowest BCUT2D eigenvalue weighted by Gasteiger charge is -2.32. The molecule has 2 fully saturated rings. The predicted molar refractivity (Wildman–Crippen MR) is 75.1 cm³/mol. The molecule has 0 aromatic rings. The van der Waals surface area contributed by atoms with E-state index in [4.69, 9.17) is 4.74 Å². The molecule has 0 N–H and O–H groups in total. The third-order valence-electron chi connectivity index (χ3n) is 5.16. The molecule has 110 valence electrons. The maximum atomic E-state index is 13.0. The topological polar surface area (TPSA) is 46.6 Å². The number of hydrogen-bond donors (Lipinski definition) is 0. The van der Waals surface area contributed by atoms with E-state index in [9.17, 15) is 9.59 Å². The van der Waals surface area contributed by atoms with Crippen molar-refractivity contribution in [2.75, 3.05) is 20.3 Å². The van der Waals surface area contributed by atoms with Gasteiger partial charge >= 0.3 is 0 Å². The summed E-state index contributed by atoms with van der Waals surface area (Å²) in [7, 11) is 1.67. The molecular weight excluding hydrogens is 254 g/mol. The molecule has 3 rings (SSSR count). The van der Waals surface area contributed by atoms with Crippen LogP contribution >= 0.6 is 0 Å². The van der Waals surface area contributed by atoms with Gasteiger partial charge in [-0.05, 0) is 38.5 Å². The van der Waals surface area contributed by atoms with Crippen molar-refractivity contribution in [1.29, 1.82) is 0 Å². The summed E-state index contributed by atoms with van der Waals surface area (Å²) >= 11 is 0. The number of hydrogen-bond acceptors (Lipinski definition) is 3. The number of carbonyl (C=O) groups is 2. The Bertz CT molecular complexity index is 445. The molecule has 0 radical (unpaired) electrons. The van der Waals surface area contributed by atoms with E-state index in [0.717, 1.165) is 38.6 Å². The highest BCUT2D eigenvalue weighted by molar-refractivity contribution is 6.10. The number of likely N-dealkylation sites (tertiary alicyclic amines) is 1. The summed E-state index contributed by atoms with van der Waals surface area (Å²) in [4.78, 5) is 27.6. The van der Waals surface area contributed by atoms with E-state index >= 15 is 0 Å². The molecule has 20 heavy (non-hydrogen) atoms. The molecule has 0 aromatic carbocycles. The largest absolute Gasteiger partial charge is 0.383 e. The van der Waals surface area contributed by atoms with Crippen LogP contribution in [0.15, 0.2) is 12.2 Å². The van der Waals surface area contributed by atoms with Crippen LogP contribution in [0.2, 0.25) is 0 Å². The highest BCUT2D eigenvalue weighted by atomic mass is 16.5. The molecule has 4 heteroatoms. The second-order valence-corrected chi connectivity index (χ2v) is 6.30. The van der Waals surface area contributed by atoms with Gasteiger partial charge in [-0.25, -0.2) is 0 Å². The zero-order chi connectivity index (χ0) is 14.2. The van der Waals surface area contributed by atoms with Crippen LogP contribution < -0.4 is 0 Å². The molecule has 1 amide bonds. The number of nitrogens with zero attached hydrogens (tertiary/aromatic N) is 1. The number of rotatable bonds is 3. The van der Waals surface area contributed by atoms with Gasteiger partial charge in [-0.2, -0.15) is 0 Å². The van der Waals surface area contributed by atoms with Crippen molar-refractivity contribution in [2.24, 2.45) is 11.3 Å². The van der Waals surface area contributed by atoms with Gasteiger partial charge in [0.2, 0.25) is 5.91 Å². The number of carbonyl (C=O) groups excluding carboxylic acids is 2. The lowest BCUT2D eigenvalue weighted by Crippen LogP contribution is -2.49. The Morgan fingerprint density at radius 3 is 3.10 bits per heavy atom. The zero-order valence-corrected chi connectivity index (χ0v) is 12.1. The Kier molecular flexibility index (Phi) is 3.67. The number of amides is 1. The highest BCUT2D eigenvalue weighted by Crippen LogP contribution is 2.46. The Morgan fingerprint density at radius 2 is 2.30 bits per heavy atom. The Hall–Kier alpha value is -1.16. The van der Waals surface area contributed by atoms with Gasteiger partial charge in [0.15, 0.2) is 5.78 Å². The number of allylic oxidation sites excluding steroid dienone is 1. The second kappa shape index (κ2) is 5.32. The standard InChI is InChI=1S/C16H23NO3/c1-20-11-13-6-4-10-17(13)15(19)16-8-3-2-5-12(7-9-16)14(16)18/h3,8,12-13H,2,4-7,9-11H2,1H3/t12?,13-,16?/m0/s1. The minimum Gasteiger partial charge on any atom is -0.383 e. The molecular formula is C16H23NO3. The van der Waals surface area contributed by atoms with Gasteiger partial charge in [0.1, 0.15) is 5.41 Å². The van der Waals surface area contributed by atoms with E-state index in [0.29, 0.717) is 13.0 Å². The fourth-order valence-corrected chi connectivity index (χ4v) is 4.05. The number of methoxy groups -OCH3 is 1. The summed E-state index contributed by atoms with van der Waals surface area (Å²) in [6.07, 6.45) is 9.34. The van der Waals surface area contributed by atoms with Crippen LogP contribution in [0.5, 0.6) is 0 Å². The molecule has 4 nitrogen and oxygen atoms in total. The van der Waals surface area contributed by atoms with Crippen molar-refractivity contribution in [2.45, 2.75) is 44.6 Å².